The third-order valence-electron chi connectivity index (χ3n) is 4.57. The molecule has 3 rings (SSSR count). The molecule has 9 heteroatoms. The molecule has 0 N–H and O–H groups in total. The summed E-state index contributed by atoms with van der Waals surface area (Å²) in [5.41, 5.74) is 0.569. The molecule has 150 valence electrons. The largest absolute Gasteiger partial charge is 0.497 e. The highest BCUT2D eigenvalue weighted by Gasteiger charge is 2.36. The highest BCUT2D eigenvalue weighted by molar-refractivity contribution is 6.01. The highest BCUT2D eigenvalue weighted by Crippen LogP contribution is 2.28. The van der Waals surface area contributed by atoms with Gasteiger partial charge in [-0.2, -0.15) is 0 Å². The number of ketones is 1. The second-order valence-electron chi connectivity index (χ2n) is 6.44. The molecule has 0 spiro atoms. The van der Waals surface area contributed by atoms with E-state index in [1.54, 1.807) is 30.3 Å². The second-order valence-corrected chi connectivity index (χ2v) is 6.44. The van der Waals surface area contributed by atoms with Crippen LogP contribution in [-0.4, -0.2) is 42.8 Å². The van der Waals surface area contributed by atoms with Crippen molar-refractivity contribution in [3.05, 3.63) is 64.2 Å². The predicted molar refractivity (Wildman–Crippen MR) is 102 cm³/mol. The summed E-state index contributed by atoms with van der Waals surface area (Å²) in [4.78, 5) is 48.4. The summed E-state index contributed by atoms with van der Waals surface area (Å²) in [6, 6.07) is 12.0. The van der Waals surface area contributed by atoms with E-state index < -0.39 is 23.4 Å². The van der Waals surface area contributed by atoms with Crippen LogP contribution in [0.4, 0.5) is 11.4 Å². The van der Waals surface area contributed by atoms with E-state index >= 15 is 0 Å². The number of non-ortho nitro benzene ring substituents is 1. The number of Topliss-reactive ketones (excluding diaryl/α,β-unsaturated/α-hetero) is 1. The van der Waals surface area contributed by atoms with Crippen LogP contribution in [0.15, 0.2) is 48.5 Å². The monoisotopic (exact) mass is 398 g/mol. The Labute approximate surface area is 166 Å². The predicted octanol–water partition coefficient (Wildman–Crippen LogP) is 2.38. The van der Waals surface area contributed by atoms with E-state index in [2.05, 4.69) is 0 Å². The van der Waals surface area contributed by atoms with E-state index in [9.17, 15) is 24.5 Å². The smallest absolute Gasteiger partial charge is 0.311 e. The SMILES string of the molecule is COc1ccc(C(=O)COC(=O)[C@@H]2CC(=O)N(c3cccc([N+](=O)[O-])c3)C2)cc1. The van der Waals surface area contributed by atoms with Crippen LogP contribution in [0.25, 0.3) is 0 Å². The van der Waals surface area contributed by atoms with Crippen molar-refractivity contribution in [2.24, 2.45) is 5.92 Å². The van der Waals surface area contributed by atoms with Gasteiger partial charge in [0.2, 0.25) is 5.91 Å². The molecule has 1 saturated heterocycles. The molecule has 1 fully saturated rings. The first-order valence-corrected chi connectivity index (χ1v) is 8.77. The van der Waals surface area contributed by atoms with Crippen LogP contribution in [-0.2, 0) is 14.3 Å². The van der Waals surface area contributed by atoms with Crippen LogP contribution in [0.5, 0.6) is 5.75 Å². The van der Waals surface area contributed by atoms with Gasteiger partial charge in [-0.05, 0) is 30.3 Å². The molecule has 1 heterocycles. The van der Waals surface area contributed by atoms with Crippen molar-refractivity contribution in [2.45, 2.75) is 6.42 Å². The minimum absolute atomic E-state index is 0.0373. The number of methoxy groups -OCH3 is 1. The number of hydrogen-bond acceptors (Lipinski definition) is 7. The number of benzene rings is 2. The molecule has 9 nitrogen and oxygen atoms in total. The fourth-order valence-electron chi connectivity index (χ4n) is 3.00. The zero-order chi connectivity index (χ0) is 21.0. The summed E-state index contributed by atoms with van der Waals surface area (Å²) in [5, 5.41) is 10.9. The van der Waals surface area contributed by atoms with Crippen molar-refractivity contribution < 1.29 is 28.8 Å². The van der Waals surface area contributed by atoms with Crippen molar-refractivity contribution in [1.29, 1.82) is 0 Å². The maximum atomic E-state index is 12.3. The van der Waals surface area contributed by atoms with Crippen LogP contribution in [0.3, 0.4) is 0 Å². The number of rotatable bonds is 7. The molecule has 1 atom stereocenters. The quantitative estimate of drug-likeness (QED) is 0.304. The van der Waals surface area contributed by atoms with Gasteiger partial charge in [-0.1, -0.05) is 6.07 Å². The van der Waals surface area contributed by atoms with Crippen LogP contribution in [0.2, 0.25) is 0 Å². The van der Waals surface area contributed by atoms with Crippen molar-refractivity contribution in [3.8, 4) is 5.75 Å². The molecular weight excluding hydrogens is 380 g/mol. The first-order valence-electron chi connectivity index (χ1n) is 8.77. The van der Waals surface area contributed by atoms with Gasteiger partial charge in [0, 0.05) is 30.7 Å². The topological polar surface area (TPSA) is 116 Å². The average Bonchev–Trinajstić information content (AvgIpc) is 3.13. The number of nitro benzene ring substituents is 1. The Kier molecular flexibility index (Phi) is 5.87. The molecule has 0 aromatic heterocycles. The van der Waals surface area contributed by atoms with Crippen molar-refractivity contribution in [1.82, 2.24) is 0 Å². The normalized spacial score (nSPS) is 15.8. The summed E-state index contributed by atoms with van der Waals surface area (Å²) < 4.78 is 10.1. The summed E-state index contributed by atoms with van der Waals surface area (Å²) in [6.45, 7) is -0.401. The van der Waals surface area contributed by atoms with Gasteiger partial charge in [-0.25, -0.2) is 0 Å². The number of amides is 1. The van der Waals surface area contributed by atoms with Gasteiger partial charge in [0.1, 0.15) is 5.75 Å². The number of hydrogen-bond donors (Lipinski definition) is 0. The van der Waals surface area contributed by atoms with Gasteiger partial charge in [0.05, 0.1) is 23.6 Å². The molecule has 0 bridgehead atoms. The van der Waals surface area contributed by atoms with E-state index in [4.69, 9.17) is 9.47 Å². The highest BCUT2D eigenvalue weighted by atomic mass is 16.6. The number of esters is 1. The third-order valence-corrected chi connectivity index (χ3v) is 4.57. The summed E-state index contributed by atoms with van der Waals surface area (Å²) in [7, 11) is 1.51. The van der Waals surface area contributed by atoms with Gasteiger partial charge >= 0.3 is 5.97 Å². The Morgan fingerprint density at radius 1 is 1.21 bits per heavy atom. The van der Waals surface area contributed by atoms with E-state index in [1.807, 2.05) is 0 Å². The minimum atomic E-state index is -0.745. The van der Waals surface area contributed by atoms with Gasteiger partial charge in [-0.3, -0.25) is 24.5 Å². The van der Waals surface area contributed by atoms with Crippen molar-refractivity contribution in [2.75, 3.05) is 25.2 Å². The number of anilines is 1. The Morgan fingerprint density at radius 3 is 2.59 bits per heavy atom. The zero-order valence-electron chi connectivity index (χ0n) is 15.6. The van der Waals surface area contributed by atoms with Gasteiger partial charge in [-0.15, -0.1) is 0 Å². The maximum absolute atomic E-state index is 12.3. The minimum Gasteiger partial charge on any atom is -0.497 e. The zero-order valence-corrected chi connectivity index (χ0v) is 15.6. The van der Waals surface area contributed by atoms with Crippen LogP contribution in [0.1, 0.15) is 16.8 Å². The molecule has 29 heavy (non-hydrogen) atoms. The molecule has 0 radical (unpaired) electrons. The lowest BCUT2D eigenvalue weighted by Gasteiger charge is -2.16. The third kappa shape index (κ3) is 4.57. The van der Waals surface area contributed by atoms with E-state index in [-0.39, 0.29) is 30.3 Å². The standard InChI is InChI=1S/C20H18N2O7/c1-28-17-7-5-13(6-8-17)18(23)12-29-20(25)14-9-19(24)21(11-14)15-3-2-4-16(10-15)22(26)27/h2-8,10,14H,9,11-12H2,1H3/t14-/m1/s1. The fraction of sp³-hybridized carbons (Fsp3) is 0.250. The summed E-state index contributed by atoms with van der Waals surface area (Å²) in [5.74, 6) is -1.52. The molecule has 0 unspecified atom stereocenters. The first-order chi connectivity index (χ1) is 13.9. The number of ether oxygens (including phenoxy) is 2. The van der Waals surface area contributed by atoms with E-state index in [0.29, 0.717) is 17.0 Å². The molecular formula is C20H18N2O7. The average molecular weight is 398 g/mol. The lowest BCUT2D eigenvalue weighted by atomic mass is 10.1. The number of carbonyl (C=O) groups is 3. The molecule has 0 saturated carbocycles. The fourth-order valence-corrected chi connectivity index (χ4v) is 3.00. The summed E-state index contributed by atoms with van der Waals surface area (Å²) >= 11 is 0. The second kappa shape index (κ2) is 8.51. The number of nitrogens with zero attached hydrogens (tertiary/aromatic N) is 2. The van der Waals surface area contributed by atoms with Crippen molar-refractivity contribution >= 4 is 29.0 Å². The first kappa shape index (κ1) is 20.0. The Hall–Kier alpha value is -3.75. The molecule has 1 aliphatic heterocycles. The molecule has 0 aliphatic carbocycles. The molecule has 1 aliphatic rings. The van der Waals surface area contributed by atoms with Gasteiger partial charge < -0.3 is 14.4 Å². The maximum Gasteiger partial charge on any atom is 0.311 e. The number of nitro groups is 1. The molecule has 2 aromatic carbocycles. The van der Waals surface area contributed by atoms with E-state index in [0.717, 1.165) is 0 Å². The summed E-state index contributed by atoms with van der Waals surface area (Å²) in [6.07, 6.45) is -0.0851. The van der Waals surface area contributed by atoms with Gasteiger partial charge in [0.25, 0.3) is 5.69 Å². The van der Waals surface area contributed by atoms with Crippen LogP contribution in [0, 0.1) is 16.0 Å². The lowest BCUT2D eigenvalue weighted by Crippen LogP contribution is -2.27. The van der Waals surface area contributed by atoms with Crippen LogP contribution >= 0.6 is 0 Å². The van der Waals surface area contributed by atoms with Crippen LogP contribution < -0.4 is 9.64 Å². The van der Waals surface area contributed by atoms with E-state index in [1.165, 1.54) is 30.2 Å². The Morgan fingerprint density at radius 2 is 1.93 bits per heavy atom. The Bertz CT molecular complexity index is 956. The molecule has 2 aromatic rings. The lowest BCUT2D eigenvalue weighted by molar-refractivity contribution is -0.384. The van der Waals surface area contributed by atoms with Gasteiger partial charge in [0.15, 0.2) is 12.4 Å². The number of carbonyl (C=O) groups excluding carboxylic acids is 3. The Balaban J connectivity index is 1.59. The molecule has 1 amide bonds. The van der Waals surface area contributed by atoms with Crippen molar-refractivity contribution in [3.63, 3.8) is 0 Å².